The molecule has 1 saturated heterocycles. The highest BCUT2D eigenvalue weighted by Crippen LogP contribution is 2.29. The minimum Gasteiger partial charge on any atom is -0.381 e. The summed E-state index contributed by atoms with van der Waals surface area (Å²) in [5, 5.41) is 1.09. The van der Waals surface area contributed by atoms with Crippen molar-refractivity contribution in [3.05, 3.63) is 16.1 Å². The van der Waals surface area contributed by atoms with Crippen LogP contribution in [-0.4, -0.2) is 18.2 Å². The number of ether oxygens (including phenoxy) is 1. The zero-order valence-electron chi connectivity index (χ0n) is 7.69. The van der Waals surface area contributed by atoms with Gasteiger partial charge in [0.1, 0.15) is 0 Å². The molecular formula is C9H14N2OS. The van der Waals surface area contributed by atoms with E-state index in [0.29, 0.717) is 5.92 Å². The van der Waals surface area contributed by atoms with E-state index >= 15 is 0 Å². The summed E-state index contributed by atoms with van der Waals surface area (Å²) in [5.74, 6) is 0.486. The fourth-order valence-corrected chi connectivity index (χ4v) is 2.48. The normalized spacial score (nSPS) is 24.9. The van der Waals surface area contributed by atoms with E-state index in [-0.39, 0.29) is 6.04 Å². The Morgan fingerprint density at radius 2 is 2.62 bits per heavy atom. The standard InChI is InChI=1S/C9H14N2OS/c1-6-11-4-8(13-6)9(10)7-2-3-12-5-7/h4,7,9H,2-3,5,10H2,1H3. The van der Waals surface area contributed by atoms with Gasteiger partial charge in [-0.15, -0.1) is 11.3 Å². The molecule has 1 aromatic heterocycles. The fraction of sp³-hybridized carbons (Fsp3) is 0.667. The topological polar surface area (TPSA) is 48.1 Å². The van der Waals surface area contributed by atoms with E-state index < -0.39 is 0 Å². The Hall–Kier alpha value is -0.450. The van der Waals surface area contributed by atoms with Gasteiger partial charge >= 0.3 is 0 Å². The Morgan fingerprint density at radius 1 is 1.77 bits per heavy atom. The van der Waals surface area contributed by atoms with Crippen LogP contribution in [0.2, 0.25) is 0 Å². The third-order valence-electron chi connectivity index (χ3n) is 2.44. The maximum Gasteiger partial charge on any atom is 0.0897 e. The van der Waals surface area contributed by atoms with Crippen molar-refractivity contribution in [2.75, 3.05) is 13.2 Å². The second-order valence-corrected chi connectivity index (χ2v) is 4.70. The SMILES string of the molecule is Cc1ncc(C(N)C2CCOC2)s1. The second-order valence-electron chi connectivity index (χ2n) is 3.43. The van der Waals surface area contributed by atoms with Gasteiger partial charge in [0.05, 0.1) is 11.6 Å². The molecule has 0 amide bonds. The maximum absolute atomic E-state index is 6.10. The van der Waals surface area contributed by atoms with Crippen LogP contribution >= 0.6 is 11.3 Å². The van der Waals surface area contributed by atoms with Crippen molar-refractivity contribution in [1.29, 1.82) is 0 Å². The van der Waals surface area contributed by atoms with E-state index in [4.69, 9.17) is 10.5 Å². The first-order valence-electron chi connectivity index (χ1n) is 4.53. The molecule has 1 aliphatic heterocycles. The molecule has 0 saturated carbocycles. The van der Waals surface area contributed by atoms with E-state index in [0.717, 1.165) is 24.6 Å². The Bertz CT molecular complexity index is 281. The molecule has 2 rings (SSSR count). The predicted molar refractivity (Wildman–Crippen MR) is 52.7 cm³/mol. The van der Waals surface area contributed by atoms with Crippen molar-refractivity contribution in [2.45, 2.75) is 19.4 Å². The first-order chi connectivity index (χ1) is 6.27. The molecule has 2 atom stereocenters. The lowest BCUT2D eigenvalue weighted by Crippen LogP contribution is -2.20. The van der Waals surface area contributed by atoms with Crippen molar-refractivity contribution in [1.82, 2.24) is 4.98 Å². The molecule has 13 heavy (non-hydrogen) atoms. The number of hydrogen-bond donors (Lipinski definition) is 1. The first-order valence-corrected chi connectivity index (χ1v) is 5.34. The summed E-state index contributed by atoms with van der Waals surface area (Å²) in [7, 11) is 0. The first kappa shape index (κ1) is 9.12. The molecule has 0 aromatic carbocycles. The lowest BCUT2D eigenvalue weighted by Gasteiger charge is -2.14. The summed E-state index contributed by atoms with van der Waals surface area (Å²) in [6.45, 7) is 3.67. The van der Waals surface area contributed by atoms with E-state index in [1.54, 1.807) is 11.3 Å². The zero-order chi connectivity index (χ0) is 9.26. The van der Waals surface area contributed by atoms with Crippen LogP contribution in [0.4, 0.5) is 0 Å². The molecule has 4 heteroatoms. The fourth-order valence-electron chi connectivity index (χ4n) is 1.60. The van der Waals surface area contributed by atoms with Crippen LogP contribution in [0.5, 0.6) is 0 Å². The largest absolute Gasteiger partial charge is 0.381 e. The molecule has 2 N–H and O–H groups in total. The minimum atomic E-state index is 0.119. The summed E-state index contributed by atoms with van der Waals surface area (Å²) in [5.41, 5.74) is 6.10. The van der Waals surface area contributed by atoms with Crippen LogP contribution in [0.15, 0.2) is 6.20 Å². The highest BCUT2D eigenvalue weighted by molar-refractivity contribution is 7.11. The predicted octanol–water partition coefficient (Wildman–Crippen LogP) is 1.49. The summed E-state index contributed by atoms with van der Waals surface area (Å²) in [4.78, 5) is 5.39. The average molecular weight is 198 g/mol. The van der Waals surface area contributed by atoms with E-state index in [9.17, 15) is 0 Å². The summed E-state index contributed by atoms with van der Waals surface area (Å²) < 4.78 is 5.31. The van der Waals surface area contributed by atoms with Crippen molar-refractivity contribution < 1.29 is 4.74 Å². The molecule has 2 heterocycles. The van der Waals surface area contributed by atoms with E-state index in [1.807, 2.05) is 13.1 Å². The van der Waals surface area contributed by atoms with Crippen LogP contribution in [0.25, 0.3) is 0 Å². The molecule has 0 aliphatic carbocycles. The van der Waals surface area contributed by atoms with Gasteiger partial charge < -0.3 is 10.5 Å². The second kappa shape index (κ2) is 3.74. The van der Waals surface area contributed by atoms with Crippen LogP contribution in [0, 0.1) is 12.8 Å². The Morgan fingerprint density at radius 3 is 3.15 bits per heavy atom. The van der Waals surface area contributed by atoms with Gasteiger partial charge in [0.15, 0.2) is 0 Å². The molecule has 0 bridgehead atoms. The van der Waals surface area contributed by atoms with Gasteiger partial charge in [0, 0.05) is 29.6 Å². The zero-order valence-corrected chi connectivity index (χ0v) is 8.51. The lowest BCUT2D eigenvalue weighted by atomic mass is 9.99. The Kier molecular flexibility index (Phi) is 2.62. The van der Waals surface area contributed by atoms with Crippen LogP contribution < -0.4 is 5.73 Å². The quantitative estimate of drug-likeness (QED) is 0.783. The lowest BCUT2D eigenvalue weighted by molar-refractivity contribution is 0.181. The smallest absolute Gasteiger partial charge is 0.0897 e. The Labute approximate surface area is 81.9 Å². The van der Waals surface area contributed by atoms with E-state index in [1.165, 1.54) is 4.88 Å². The van der Waals surface area contributed by atoms with Crippen LogP contribution in [0.3, 0.4) is 0 Å². The van der Waals surface area contributed by atoms with Gasteiger partial charge in [0.2, 0.25) is 0 Å². The number of aryl methyl sites for hydroxylation is 1. The number of hydrogen-bond acceptors (Lipinski definition) is 4. The molecule has 2 unspecified atom stereocenters. The van der Waals surface area contributed by atoms with Gasteiger partial charge in [-0.1, -0.05) is 0 Å². The van der Waals surface area contributed by atoms with Crippen molar-refractivity contribution in [2.24, 2.45) is 11.7 Å². The number of rotatable bonds is 2. The number of thiazole rings is 1. The molecule has 1 aliphatic rings. The summed E-state index contributed by atoms with van der Waals surface area (Å²) >= 11 is 1.69. The van der Waals surface area contributed by atoms with Crippen molar-refractivity contribution >= 4 is 11.3 Å². The molecule has 0 spiro atoms. The molecule has 3 nitrogen and oxygen atoms in total. The van der Waals surface area contributed by atoms with Crippen LogP contribution in [-0.2, 0) is 4.74 Å². The van der Waals surface area contributed by atoms with Crippen LogP contribution in [0.1, 0.15) is 22.3 Å². The Balaban J connectivity index is 2.07. The van der Waals surface area contributed by atoms with Gasteiger partial charge in [0.25, 0.3) is 0 Å². The monoisotopic (exact) mass is 198 g/mol. The number of nitrogens with zero attached hydrogens (tertiary/aromatic N) is 1. The molecule has 1 fully saturated rings. The summed E-state index contributed by atoms with van der Waals surface area (Å²) in [6, 6.07) is 0.119. The third-order valence-corrected chi connectivity index (χ3v) is 3.45. The van der Waals surface area contributed by atoms with Crippen molar-refractivity contribution in [3.8, 4) is 0 Å². The summed E-state index contributed by atoms with van der Waals surface area (Å²) in [6.07, 6.45) is 2.97. The molecule has 72 valence electrons. The number of aromatic nitrogens is 1. The van der Waals surface area contributed by atoms with Gasteiger partial charge in [-0.2, -0.15) is 0 Å². The third kappa shape index (κ3) is 1.90. The maximum atomic E-state index is 6.10. The van der Waals surface area contributed by atoms with Gasteiger partial charge in [-0.05, 0) is 13.3 Å². The van der Waals surface area contributed by atoms with E-state index in [2.05, 4.69) is 4.98 Å². The van der Waals surface area contributed by atoms with Gasteiger partial charge in [-0.25, -0.2) is 4.98 Å². The molecule has 0 radical (unpaired) electrons. The van der Waals surface area contributed by atoms with Crippen molar-refractivity contribution in [3.63, 3.8) is 0 Å². The highest BCUT2D eigenvalue weighted by Gasteiger charge is 2.25. The van der Waals surface area contributed by atoms with Gasteiger partial charge in [-0.3, -0.25) is 0 Å². The average Bonchev–Trinajstić information content (AvgIpc) is 2.72. The highest BCUT2D eigenvalue weighted by atomic mass is 32.1. The molecule has 1 aromatic rings. The minimum absolute atomic E-state index is 0.119. The molecular weight excluding hydrogens is 184 g/mol. The number of nitrogens with two attached hydrogens (primary N) is 1.